The largest absolute Gasteiger partial charge is 0.493 e. The molecular formula is C21H25NO8S. The third-order valence-electron chi connectivity index (χ3n) is 4.23. The summed E-state index contributed by atoms with van der Waals surface area (Å²) in [4.78, 5) is 25.1. The number of hydrogen-bond acceptors (Lipinski definition) is 8. The van der Waals surface area contributed by atoms with Crippen molar-refractivity contribution in [3.05, 3.63) is 47.5 Å². The SMILES string of the molecule is CCOC(=O)c1cccc(N(C(=O)Cc2cc(OC)c(OC)c(OC)c2)S(C)(=O)=O)c1. The lowest BCUT2D eigenvalue weighted by atomic mass is 10.1. The molecule has 0 atom stereocenters. The first-order chi connectivity index (χ1) is 14.7. The van der Waals surface area contributed by atoms with E-state index in [-0.39, 0.29) is 24.3 Å². The Morgan fingerprint density at radius 3 is 2.06 bits per heavy atom. The summed E-state index contributed by atoms with van der Waals surface area (Å²) in [7, 11) is 0.334. The van der Waals surface area contributed by atoms with E-state index in [1.807, 2.05) is 0 Å². The Bertz CT molecular complexity index is 1040. The van der Waals surface area contributed by atoms with Gasteiger partial charge >= 0.3 is 5.97 Å². The fourth-order valence-electron chi connectivity index (χ4n) is 2.98. The molecule has 10 heteroatoms. The molecule has 0 unspecified atom stereocenters. The van der Waals surface area contributed by atoms with Crippen LogP contribution in [-0.4, -0.2) is 54.5 Å². The Kier molecular flexibility index (Phi) is 7.87. The zero-order chi connectivity index (χ0) is 23.2. The van der Waals surface area contributed by atoms with Crippen molar-refractivity contribution in [1.29, 1.82) is 0 Å². The highest BCUT2D eigenvalue weighted by molar-refractivity contribution is 7.92. The van der Waals surface area contributed by atoms with Crippen LogP contribution in [0.4, 0.5) is 5.69 Å². The highest BCUT2D eigenvalue weighted by Crippen LogP contribution is 2.38. The van der Waals surface area contributed by atoms with Gasteiger partial charge < -0.3 is 18.9 Å². The van der Waals surface area contributed by atoms with E-state index >= 15 is 0 Å². The summed E-state index contributed by atoms with van der Waals surface area (Å²) in [5, 5.41) is 0. The van der Waals surface area contributed by atoms with E-state index in [1.165, 1.54) is 45.6 Å². The molecule has 0 aliphatic rings. The molecule has 168 valence electrons. The number of benzene rings is 2. The molecule has 0 heterocycles. The molecule has 31 heavy (non-hydrogen) atoms. The number of amides is 1. The highest BCUT2D eigenvalue weighted by atomic mass is 32.2. The number of anilines is 1. The van der Waals surface area contributed by atoms with Gasteiger partial charge in [0.15, 0.2) is 11.5 Å². The van der Waals surface area contributed by atoms with Crippen LogP contribution >= 0.6 is 0 Å². The van der Waals surface area contributed by atoms with Crippen molar-refractivity contribution in [2.24, 2.45) is 0 Å². The Morgan fingerprint density at radius 1 is 0.968 bits per heavy atom. The van der Waals surface area contributed by atoms with Crippen molar-refractivity contribution >= 4 is 27.6 Å². The van der Waals surface area contributed by atoms with Crippen LogP contribution in [0.5, 0.6) is 17.2 Å². The van der Waals surface area contributed by atoms with Crippen LogP contribution in [0.2, 0.25) is 0 Å². The fourth-order valence-corrected chi connectivity index (χ4v) is 3.91. The second-order valence-corrected chi connectivity index (χ2v) is 8.23. The lowest BCUT2D eigenvalue weighted by Gasteiger charge is -2.21. The van der Waals surface area contributed by atoms with Gasteiger partial charge in [0, 0.05) is 0 Å². The van der Waals surface area contributed by atoms with Crippen LogP contribution < -0.4 is 18.5 Å². The maximum atomic E-state index is 13.0. The molecule has 0 radical (unpaired) electrons. The second-order valence-electron chi connectivity index (χ2n) is 6.40. The number of hydrogen-bond donors (Lipinski definition) is 0. The van der Waals surface area contributed by atoms with Crippen molar-refractivity contribution in [2.75, 3.05) is 38.5 Å². The molecule has 1 amide bonds. The Balaban J connectivity index is 2.45. The van der Waals surface area contributed by atoms with Gasteiger partial charge in [0.25, 0.3) is 0 Å². The van der Waals surface area contributed by atoms with Crippen LogP contribution in [0.15, 0.2) is 36.4 Å². The molecule has 9 nitrogen and oxygen atoms in total. The molecule has 0 bridgehead atoms. The van der Waals surface area contributed by atoms with Gasteiger partial charge in [-0.2, -0.15) is 0 Å². The van der Waals surface area contributed by atoms with Gasteiger partial charge in [-0.05, 0) is 42.8 Å². The summed E-state index contributed by atoms with van der Waals surface area (Å²) < 4.78 is 46.3. The summed E-state index contributed by atoms with van der Waals surface area (Å²) in [5.41, 5.74) is 0.619. The van der Waals surface area contributed by atoms with Gasteiger partial charge in [0.05, 0.1) is 51.9 Å². The topological polar surface area (TPSA) is 108 Å². The smallest absolute Gasteiger partial charge is 0.338 e. The number of carbonyl (C=O) groups excluding carboxylic acids is 2. The molecule has 0 saturated heterocycles. The molecule has 0 aliphatic carbocycles. The summed E-state index contributed by atoms with van der Waals surface area (Å²) >= 11 is 0. The van der Waals surface area contributed by atoms with E-state index in [0.29, 0.717) is 27.1 Å². The van der Waals surface area contributed by atoms with E-state index in [2.05, 4.69) is 0 Å². The number of sulfonamides is 1. The predicted molar refractivity (Wildman–Crippen MR) is 115 cm³/mol. The number of rotatable bonds is 9. The Labute approximate surface area is 181 Å². The summed E-state index contributed by atoms with van der Waals surface area (Å²) in [6, 6.07) is 8.81. The summed E-state index contributed by atoms with van der Waals surface area (Å²) in [6.07, 6.45) is 0.643. The zero-order valence-electron chi connectivity index (χ0n) is 18.0. The maximum absolute atomic E-state index is 13.0. The zero-order valence-corrected chi connectivity index (χ0v) is 18.8. The summed E-state index contributed by atoms with van der Waals surface area (Å²) in [5.74, 6) is -0.323. The minimum absolute atomic E-state index is 0.0329. The standard InChI is InChI=1S/C21H25NO8S/c1-6-30-21(24)15-8-7-9-16(13-15)22(31(5,25)26)19(23)12-14-10-17(27-2)20(29-4)18(11-14)28-3/h7-11,13H,6,12H2,1-5H3. The predicted octanol–water partition coefficient (Wildman–Crippen LogP) is 2.42. The van der Waals surface area contributed by atoms with Gasteiger partial charge in [-0.1, -0.05) is 6.07 Å². The third-order valence-corrected chi connectivity index (χ3v) is 5.31. The van der Waals surface area contributed by atoms with Crippen molar-refractivity contribution in [2.45, 2.75) is 13.3 Å². The van der Waals surface area contributed by atoms with Gasteiger partial charge in [-0.25, -0.2) is 17.5 Å². The molecule has 0 fully saturated rings. The lowest BCUT2D eigenvalue weighted by molar-refractivity contribution is -0.116. The highest BCUT2D eigenvalue weighted by Gasteiger charge is 2.27. The quantitative estimate of drug-likeness (QED) is 0.535. The average Bonchev–Trinajstić information content (AvgIpc) is 2.72. The number of nitrogens with zero attached hydrogens (tertiary/aromatic N) is 1. The molecule has 0 aromatic heterocycles. The Hall–Kier alpha value is -3.27. The number of esters is 1. The average molecular weight is 451 g/mol. The van der Waals surface area contributed by atoms with Gasteiger partial charge in [-0.3, -0.25) is 4.79 Å². The van der Waals surface area contributed by atoms with E-state index in [0.717, 1.165) is 6.26 Å². The number of methoxy groups -OCH3 is 3. The van der Waals surface area contributed by atoms with E-state index in [4.69, 9.17) is 18.9 Å². The molecule has 2 rings (SSSR count). The normalized spacial score (nSPS) is 10.9. The second kappa shape index (κ2) is 10.2. The molecule has 2 aromatic carbocycles. The van der Waals surface area contributed by atoms with Crippen LogP contribution in [0.3, 0.4) is 0 Å². The monoisotopic (exact) mass is 451 g/mol. The van der Waals surface area contributed by atoms with Gasteiger partial charge in [-0.15, -0.1) is 0 Å². The number of carbonyl (C=O) groups is 2. The van der Waals surface area contributed by atoms with Crippen LogP contribution in [0.1, 0.15) is 22.8 Å². The van der Waals surface area contributed by atoms with E-state index in [1.54, 1.807) is 19.1 Å². The van der Waals surface area contributed by atoms with Crippen LogP contribution in [-0.2, 0) is 26.0 Å². The van der Waals surface area contributed by atoms with E-state index < -0.39 is 21.9 Å². The maximum Gasteiger partial charge on any atom is 0.338 e. The first-order valence-corrected chi connectivity index (χ1v) is 11.1. The Morgan fingerprint density at radius 2 is 1.58 bits per heavy atom. The lowest BCUT2D eigenvalue weighted by Crippen LogP contribution is -2.37. The molecule has 0 N–H and O–H groups in total. The minimum Gasteiger partial charge on any atom is -0.493 e. The van der Waals surface area contributed by atoms with Crippen molar-refractivity contribution in [3.8, 4) is 17.2 Å². The van der Waals surface area contributed by atoms with Crippen molar-refractivity contribution in [3.63, 3.8) is 0 Å². The third kappa shape index (κ3) is 5.66. The molecule has 2 aromatic rings. The van der Waals surface area contributed by atoms with Crippen LogP contribution in [0, 0.1) is 0 Å². The minimum atomic E-state index is -3.99. The first kappa shape index (κ1) is 24.0. The van der Waals surface area contributed by atoms with E-state index in [9.17, 15) is 18.0 Å². The van der Waals surface area contributed by atoms with Crippen molar-refractivity contribution in [1.82, 2.24) is 0 Å². The molecule has 0 saturated carbocycles. The fraction of sp³-hybridized carbons (Fsp3) is 0.333. The molecule has 0 spiro atoms. The summed E-state index contributed by atoms with van der Waals surface area (Å²) in [6.45, 7) is 1.82. The van der Waals surface area contributed by atoms with Crippen molar-refractivity contribution < 1.29 is 37.0 Å². The molecule has 0 aliphatic heterocycles. The van der Waals surface area contributed by atoms with Crippen LogP contribution in [0.25, 0.3) is 0 Å². The number of ether oxygens (including phenoxy) is 4. The van der Waals surface area contributed by atoms with Gasteiger partial charge in [0.1, 0.15) is 0 Å². The molecular weight excluding hydrogens is 426 g/mol. The van der Waals surface area contributed by atoms with Gasteiger partial charge in [0.2, 0.25) is 21.7 Å². The first-order valence-electron chi connectivity index (χ1n) is 9.25.